The summed E-state index contributed by atoms with van der Waals surface area (Å²) in [5, 5.41) is 3.06. The lowest BCUT2D eigenvalue weighted by Crippen LogP contribution is -1.86. The Morgan fingerprint density at radius 2 is 1.80 bits per heavy atom. The molecule has 0 saturated heterocycles. The molecule has 2 aromatic carbocycles. The van der Waals surface area contributed by atoms with E-state index in [1.807, 2.05) is 30.3 Å². The van der Waals surface area contributed by atoms with Gasteiger partial charge in [-0.3, -0.25) is 0 Å². The number of aldehydes is 1. The van der Waals surface area contributed by atoms with Crippen molar-refractivity contribution in [3.05, 3.63) is 47.0 Å². The summed E-state index contributed by atoms with van der Waals surface area (Å²) in [4.78, 5) is 10.3. The second-order valence-electron chi connectivity index (χ2n) is 3.53. The van der Waals surface area contributed by atoms with Crippen LogP contribution in [0.2, 0.25) is 5.02 Å². The van der Waals surface area contributed by atoms with Crippen LogP contribution in [0.3, 0.4) is 0 Å². The third-order valence-electron chi connectivity index (χ3n) is 2.42. The number of hydrogen-bond acceptors (Lipinski definition) is 1. The topological polar surface area (TPSA) is 17.1 Å². The molecule has 0 N–H and O–H groups in total. The summed E-state index contributed by atoms with van der Waals surface area (Å²) in [6.45, 7) is 0. The molecule has 0 bridgehead atoms. The maximum atomic E-state index is 10.3. The Hall–Kier alpha value is -1.34. The number of halogens is 1. The van der Waals surface area contributed by atoms with Gasteiger partial charge in [-0.25, -0.2) is 0 Å². The third kappa shape index (κ3) is 2.37. The molecular weight excluding hydrogens is 208 g/mol. The maximum absolute atomic E-state index is 10.3. The summed E-state index contributed by atoms with van der Waals surface area (Å²) < 4.78 is 0. The lowest BCUT2D eigenvalue weighted by atomic mass is 10.0. The van der Waals surface area contributed by atoms with Crippen molar-refractivity contribution >= 4 is 28.7 Å². The highest BCUT2D eigenvalue weighted by Crippen LogP contribution is 2.20. The second kappa shape index (κ2) is 4.45. The minimum absolute atomic E-state index is 0.582. The Morgan fingerprint density at radius 1 is 1.07 bits per heavy atom. The van der Waals surface area contributed by atoms with Gasteiger partial charge in [-0.15, -0.1) is 0 Å². The van der Waals surface area contributed by atoms with Gasteiger partial charge in [0.05, 0.1) is 0 Å². The van der Waals surface area contributed by atoms with Gasteiger partial charge in [0.15, 0.2) is 0 Å². The van der Waals surface area contributed by atoms with Crippen molar-refractivity contribution in [3.63, 3.8) is 0 Å². The van der Waals surface area contributed by atoms with Gasteiger partial charge in [0, 0.05) is 11.4 Å². The number of fused-ring (bicyclic) bond motifs is 1. The van der Waals surface area contributed by atoms with Crippen LogP contribution in [0, 0.1) is 0 Å². The first-order valence-electron chi connectivity index (χ1n) is 4.91. The zero-order valence-corrected chi connectivity index (χ0v) is 9.00. The molecule has 0 amide bonds. The highest BCUT2D eigenvalue weighted by molar-refractivity contribution is 6.31. The summed E-state index contributed by atoms with van der Waals surface area (Å²) in [5.74, 6) is 0. The van der Waals surface area contributed by atoms with Gasteiger partial charge in [-0.2, -0.15) is 0 Å². The Kier molecular flexibility index (Phi) is 3.02. The SMILES string of the molecule is O=CCCc1ccc2cc(Cl)ccc2c1. The summed E-state index contributed by atoms with van der Waals surface area (Å²) in [6.07, 6.45) is 2.34. The molecule has 0 aliphatic rings. The number of carbonyl (C=O) groups is 1. The quantitative estimate of drug-likeness (QED) is 0.720. The summed E-state index contributed by atoms with van der Waals surface area (Å²) in [6, 6.07) is 12.0. The number of rotatable bonds is 3. The monoisotopic (exact) mass is 218 g/mol. The van der Waals surface area contributed by atoms with Crippen LogP contribution in [0.15, 0.2) is 36.4 Å². The second-order valence-corrected chi connectivity index (χ2v) is 3.97. The molecule has 0 saturated carbocycles. The molecule has 0 heterocycles. The molecule has 0 spiro atoms. The minimum atomic E-state index is 0.582. The van der Waals surface area contributed by atoms with Crippen molar-refractivity contribution in [2.24, 2.45) is 0 Å². The molecule has 0 fully saturated rings. The van der Waals surface area contributed by atoms with Gasteiger partial charge < -0.3 is 4.79 Å². The molecule has 1 nitrogen and oxygen atoms in total. The van der Waals surface area contributed by atoms with Gasteiger partial charge in [-0.05, 0) is 34.9 Å². The molecule has 15 heavy (non-hydrogen) atoms. The Labute approximate surface area is 93.7 Å². The van der Waals surface area contributed by atoms with Crippen LogP contribution in [0.1, 0.15) is 12.0 Å². The van der Waals surface area contributed by atoms with Crippen LogP contribution in [0.4, 0.5) is 0 Å². The van der Waals surface area contributed by atoms with Gasteiger partial charge in [-0.1, -0.05) is 35.9 Å². The molecule has 2 aromatic rings. The zero-order chi connectivity index (χ0) is 10.7. The molecule has 0 aliphatic heterocycles. The van der Waals surface area contributed by atoms with Crippen molar-refractivity contribution < 1.29 is 4.79 Å². The fraction of sp³-hybridized carbons (Fsp3) is 0.154. The molecule has 0 aromatic heterocycles. The molecule has 0 unspecified atom stereocenters. The summed E-state index contributed by atoms with van der Waals surface area (Å²) in [5.41, 5.74) is 1.19. The van der Waals surface area contributed by atoms with Gasteiger partial charge in [0.1, 0.15) is 6.29 Å². The molecule has 2 rings (SSSR count). The van der Waals surface area contributed by atoms with Crippen molar-refractivity contribution in [3.8, 4) is 0 Å². The smallest absolute Gasteiger partial charge is 0.120 e. The fourth-order valence-electron chi connectivity index (χ4n) is 1.65. The number of aryl methyl sites for hydroxylation is 1. The van der Waals surface area contributed by atoms with Crippen molar-refractivity contribution in [2.75, 3.05) is 0 Å². The van der Waals surface area contributed by atoms with Crippen LogP contribution in [-0.2, 0) is 11.2 Å². The van der Waals surface area contributed by atoms with E-state index in [0.717, 1.165) is 23.1 Å². The predicted molar refractivity (Wildman–Crippen MR) is 63.3 cm³/mol. The average Bonchev–Trinajstić information content (AvgIpc) is 2.26. The molecule has 0 aliphatic carbocycles. The third-order valence-corrected chi connectivity index (χ3v) is 2.65. The number of benzene rings is 2. The zero-order valence-electron chi connectivity index (χ0n) is 8.24. The van der Waals surface area contributed by atoms with Gasteiger partial charge in [0.2, 0.25) is 0 Å². The Morgan fingerprint density at radius 3 is 2.60 bits per heavy atom. The first-order chi connectivity index (χ1) is 7.29. The van der Waals surface area contributed by atoms with Crippen molar-refractivity contribution in [2.45, 2.75) is 12.8 Å². The molecule has 76 valence electrons. The van der Waals surface area contributed by atoms with E-state index in [2.05, 4.69) is 6.07 Å². The van der Waals surface area contributed by atoms with E-state index in [-0.39, 0.29) is 0 Å². The van der Waals surface area contributed by atoms with Crippen molar-refractivity contribution in [1.82, 2.24) is 0 Å². The summed E-state index contributed by atoms with van der Waals surface area (Å²) in [7, 11) is 0. The van der Waals surface area contributed by atoms with E-state index in [4.69, 9.17) is 11.6 Å². The molecule has 0 radical (unpaired) electrons. The first kappa shape index (κ1) is 10.2. The molecule has 2 heteroatoms. The minimum Gasteiger partial charge on any atom is -0.303 e. The number of carbonyl (C=O) groups excluding carboxylic acids is 1. The van der Waals surface area contributed by atoms with Gasteiger partial charge >= 0.3 is 0 Å². The number of hydrogen-bond donors (Lipinski definition) is 0. The van der Waals surface area contributed by atoms with Crippen LogP contribution in [0.5, 0.6) is 0 Å². The lowest BCUT2D eigenvalue weighted by molar-refractivity contribution is -0.107. The van der Waals surface area contributed by atoms with E-state index in [0.29, 0.717) is 6.42 Å². The highest BCUT2D eigenvalue weighted by atomic mass is 35.5. The Bertz CT molecular complexity index is 491. The Balaban J connectivity index is 2.38. The van der Waals surface area contributed by atoms with Crippen LogP contribution < -0.4 is 0 Å². The summed E-state index contributed by atoms with van der Waals surface area (Å²) >= 11 is 5.90. The van der Waals surface area contributed by atoms with E-state index in [1.165, 1.54) is 10.9 Å². The normalized spacial score (nSPS) is 10.5. The highest BCUT2D eigenvalue weighted by Gasteiger charge is 1.97. The average molecular weight is 219 g/mol. The fourth-order valence-corrected chi connectivity index (χ4v) is 1.83. The first-order valence-corrected chi connectivity index (χ1v) is 5.29. The largest absolute Gasteiger partial charge is 0.303 e. The standard InChI is InChI=1S/C13H11ClO/c14-13-6-5-11-8-10(2-1-7-15)3-4-12(11)9-13/h3-9H,1-2H2. The van der Waals surface area contributed by atoms with Crippen LogP contribution >= 0.6 is 11.6 Å². The maximum Gasteiger partial charge on any atom is 0.120 e. The predicted octanol–water partition coefficient (Wildman–Crippen LogP) is 3.62. The van der Waals surface area contributed by atoms with E-state index in [9.17, 15) is 4.79 Å². The van der Waals surface area contributed by atoms with E-state index < -0.39 is 0 Å². The lowest BCUT2D eigenvalue weighted by Gasteiger charge is -2.02. The molecular formula is C13H11ClO. The van der Waals surface area contributed by atoms with Crippen LogP contribution in [-0.4, -0.2) is 6.29 Å². The van der Waals surface area contributed by atoms with Gasteiger partial charge in [0.25, 0.3) is 0 Å². The van der Waals surface area contributed by atoms with E-state index in [1.54, 1.807) is 0 Å². The van der Waals surface area contributed by atoms with Crippen LogP contribution in [0.25, 0.3) is 10.8 Å². The molecule has 0 atom stereocenters. The van der Waals surface area contributed by atoms with E-state index >= 15 is 0 Å². The van der Waals surface area contributed by atoms with Crippen molar-refractivity contribution in [1.29, 1.82) is 0 Å².